The lowest BCUT2D eigenvalue weighted by molar-refractivity contribution is -0.135. The third-order valence-corrected chi connectivity index (χ3v) is 5.64. The Kier molecular flexibility index (Phi) is 13.0. The first kappa shape index (κ1) is 30.8. The van der Waals surface area contributed by atoms with Crippen molar-refractivity contribution in [2.75, 3.05) is 51.4 Å². The predicted molar refractivity (Wildman–Crippen MR) is 154 cm³/mol. The maximum absolute atomic E-state index is 12.4. The Bertz CT molecular complexity index is 1220. The van der Waals surface area contributed by atoms with Crippen LogP contribution in [0.3, 0.4) is 0 Å². The second-order valence-electron chi connectivity index (χ2n) is 9.18. The fourth-order valence-corrected chi connectivity index (χ4v) is 3.21. The lowest BCUT2D eigenvalue weighted by Crippen LogP contribution is -2.45. The Morgan fingerprint density at radius 2 is 1.90 bits per heavy atom. The van der Waals surface area contributed by atoms with E-state index >= 15 is 0 Å². The summed E-state index contributed by atoms with van der Waals surface area (Å²) in [6.07, 6.45) is 7.11. The Balaban J connectivity index is 1.88. The molecular weight excluding hydrogens is 492 g/mol. The molecule has 2 aromatic rings. The molecule has 0 aliphatic rings. The van der Waals surface area contributed by atoms with Gasteiger partial charge in [0.15, 0.2) is 0 Å². The predicted octanol–water partition coefficient (Wildman–Crippen LogP) is 3.13. The van der Waals surface area contributed by atoms with Gasteiger partial charge >= 0.3 is 0 Å². The first-order valence-corrected chi connectivity index (χ1v) is 13.0. The van der Waals surface area contributed by atoms with Gasteiger partial charge < -0.3 is 25.8 Å². The number of hydrogen-bond acceptors (Lipinski definition) is 8. The molecule has 0 spiro atoms. The summed E-state index contributed by atoms with van der Waals surface area (Å²) in [6, 6.07) is 8.57. The normalized spacial score (nSPS) is 11.3. The van der Waals surface area contributed by atoms with Gasteiger partial charge in [-0.1, -0.05) is 24.8 Å². The van der Waals surface area contributed by atoms with Crippen molar-refractivity contribution in [3.05, 3.63) is 53.7 Å². The van der Waals surface area contributed by atoms with Crippen LogP contribution in [0, 0.1) is 23.2 Å². The number of nitriles is 1. The molecule has 0 fully saturated rings. The average molecular weight is 531 g/mol. The summed E-state index contributed by atoms with van der Waals surface area (Å²) in [5.74, 6) is 6.91. The van der Waals surface area contributed by atoms with Crippen LogP contribution in [0.25, 0.3) is 0 Å². The lowest BCUT2D eigenvalue weighted by Gasteiger charge is -2.23. The molecule has 2 amide bonds. The average Bonchev–Trinajstić information content (AvgIpc) is 2.93. The van der Waals surface area contributed by atoms with Crippen molar-refractivity contribution in [3.63, 3.8) is 0 Å². The van der Waals surface area contributed by atoms with Crippen molar-refractivity contribution in [1.29, 1.82) is 5.26 Å². The van der Waals surface area contributed by atoms with Crippen LogP contribution in [0.5, 0.6) is 0 Å². The quantitative estimate of drug-likeness (QED) is 0.205. The second-order valence-corrected chi connectivity index (χ2v) is 9.18. The SMILES string of the molecule is CCCNc1nc(Nc2ccc(C#N)cc2)ncc1C#CCCCNC(=O)C(C)N(C)C(=O)/C=C/CN(C)C. The smallest absolute Gasteiger partial charge is 0.246 e. The zero-order valence-corrected chi connectivity index (χ0v) is 23.4. The molecule has 1 atom stereocenters. The molecule has 1 heterocycles. The van der Waals surface area contributed by atoms with Gasteiger partial charge in [0.05, 0.1) is 23.4 Å². The van der Waals surface area contributed by atoms with E-state index < -0.39 is 6.04 Å². The molecule has 0 saturated carbocycles. The van der Waals surface area contributed by atoms with Crippen LogP contribution < -0.4 is 16.0 Å². The Labute approximate surface area is 231 Å². The Morgan fingerprint density at radius 3 is 2.56 bits per heavy atom. The summed E-state index contributed by atoms with van der Waals surface area (Å²) in [5, 5.41) is 18.3. The van der Waals surface area contributed by atoms with E-state index in [1.54, 1.807) is 50.5 Å². The molecule has 10 heteroatoms. The molecular formula is C29H38N8O2. The number of anilines is 3. The van der Waals surface area contributed by atoms with Crippen LogP contribution in [-0.2, 0) is 9.59 Å². The number of aromatic nitrogens is 2. The number of amides is 2. The van der Waals surface area contributed by atoms with E-state index in [9.17, 15) is 9.59 Å². The molecule has 0 radical (unpaired) electrons. The van der Waals surface area contributed by atoms with Crippen molar-refractivity contribution in [1.82, 2.24) is 25.1 Å². The number of nitrogens with zero attached hydrogens (tertiary/aromatic N) is 5. The summed E-state index contributed by atoms with van der Waals surface area (Å²) in [7, 11) is 5.46. The van der Waals surface area contributed by atoms with E-state index in [4.69, 9.17) is 5.26 Å². The number of likely N-dealkylation sites (N-methyl/N-ethyl adjacent to an activating group) is 2. The van der Waals surface area contributed by atoms with E-state index in [1.807, 2.05) is 19.0 Å². The number of unbranched alkanes of at least 4 members (excludes halogenated alkanes) is 1. The standard InChI is InChI=1S/C29H38N8O2/c1-6-17-31-27-24(21-33-29(35-27)34-25-15-13-23(20-30)14-16-25)11-8-7-9-18-32-28(39)22(2)37(5)26(38)12-10-19-36(3)4/h10,12-16,21-22H,6-7,9,17-19H2,1-5H3,(H,32,39)(H2,31,33,34,35)/b12-10+. The van der Waals surface area contributed by atoms with Gasteiger partial charge in [0.25, 0.3) is 0 Å². The lowest BCUT2D eigenvalue weighted by atomic mass is 10.2. The van der Waals surface area contributed by atoms with Crippen molar-refractivity contribution in [2.45, 2.75) is 39.2 Å². The molecule has 1 aromatic carbocycles. The number of rotatable bonds is 13. The van der Waals surface area contributed by atoms with Crippen LogP contribution in [0.2, 0.25) is 0 Å². The third kappa shape index (κ3) is 10.8. The summed E-state index contributed by atoms with van der Waals surface area (Å²) in [5.41, 5.74) is 2.05. The maximum Gasteiger partial charge on any atom is 0.246 e. The molecule has 1 aromatic heterocycles. The van der Waals surface area contributed by atoms with Gasteiger partial charge in [0, 0.05) is 44.9 Å². The fourth-order valence-electron chi connectivity index (χ4n) is 3.21. The minimum Gasteiger partial charge on any atom is -0.369 e. The minimum atomic E-state index is -0.576. The molecule has 0 aliphatic carbocycles. The van der Waals surface area contributed by atoms with Crippen molar-refractivity contribution >= 4 is 29.3 Å². The highest BCUT2D eigenvalue weighted by molar-refractivity contribution is 5.92. The van der Waals surface area contributed by atoms with Crippen LogP contribution >= 0.6 is 0 Å². The highest BCUT2D eigenvalue weighted by Gasteiger charge is 2.20. The first-order chi connectivity index (χ1) is 18.7. The zero-order valence-electron chi connectivity index (χ0n) is 23.4. The summed E-state index contributed by atoms with van der Waals surface area (Å²) in [6.45, 7) is 5.64. The van der Waals surface area contributed by atoms with Gasteiger partial charge in [0.2, 0.25) is 17.8 Å². The zero-order chi connectivity index (χ0) is 28.6. The van der Waals surface area contributed by atoms with E-state index in [0.29, 0.717) is 48.8 Å². The van der Waals surface area contributed by atoms with Gasteiger partial charge in [-0.25, -0.2) is 4.98 Å². The largest absolute Gasteiger partial charge is 0.369 e. The molecule has 1 unspecified atom stereocenters. The summed E-state index contributed by atoms with van der Waals surface area (Å²) < 4.78 is 0. The molecule has 2 rings (SSSR count). The van der Waals surface area contributed by atoms with Crippen LogP contribution in [0.15, 0.2) is 42.6 Å². The van der Waals surface area contributed by atoms with E-state index in [2.05, 4.69) is 50.8 Å². The second kappa shape index (κ2) is 16.4. The van der Waals surface area contributed by atoms with Gasteiger partial charge in [0.1, 0.15) is 11.9 Å². The monoisotopic (exact) mass is 530 g/mol. The van der Waals surface area contributed by atoms with Gasteiger partial charge in [-0.15, -0.1) is 0 Å². The van der Waals surface area contributed by atoms with Gasteiger partial charge in [-0.3, -0.25) is 9.59 Å². The minimum absolute atomic E-state index is 0.204. The highest BCUT2D eigenvalue weighted by atomic mass is 16.2. The Hall–Kier alpha value is -4.41. The molecule has 206 valence electrons. The van der Waals surface area contributed by atoms with E-state index in [0.717, 1.165) is 18.7 Å². The van der Waals surface area contributed by atoms with Gasteiger partial charge in [-0.2, -0.15) is 10.2 Å². The molecule has 0 bridgehead atoms. The molecule has 39 heavy (non-hydrogen) atoms. The molecule has 10 nitrogen and oxygen atoms in total. The molecule has 3 N–H and O–H groups in total. The van der Waals surface area contributed by atoms with Gasteiger partial charge in [-0.05, 0) is 58.1 Å². The van der Waals surface area contributed by atoms with Crippen molar-refractivity contribution in [2.24, 2.45) is 0 Å². The van der Waals surface area contributed by atoms with Crippen LogP contribution in [-0.4, -0.2) is 78.4 Å². The first-order valence-electron chi connectivity index (χ1n) is 13.0. The number of carbonyl (C=O) groups is 2. The van der Waals surface area contributed by atoms with E-state index in [-0.39, 0.29) is 11.8 Å². The summed E-state index contributed by atoms with van der Waals surface area (Å²) in [4.78, 5) is 37.0. The van der Waals surface area contributed by atoms with Crippen molar-refractivity contribution in [3.8, 4) is 17.9 Å². The third-order valence-electron chi connectivity index (χ3n) is 5.64. The number of carbonyl (C=O) groups excluding carboxylic acids is 2. The van der Waals surface area contributed by atoms with Crippen LogP contribution in [0.1, 0.15) is 44.2 Å². The topological polar surface area (TPSA) is 126 Å². The Morgan fingerprint density at radius 1 is 1.15 bits per heavy atom. The highest BCUT2D eigenvalue weighted by Crippen LogP contribution is 2.18. The molecule has 0 saturated heterocycles. The van der Waals surface area contributed by atoms with Crippen molar-refractivity contribution < 1.29 is 9.59 Å². The fraction of sp³-hybridized carbons (Fsp3) is 0.414. The number of nitrogens with one attached hydrogen (secondary N) is 3. The number of hydrogen-bond donors (Lipinski definition) is 3. The maximum atomic E-state index is 12.4. The summed E-state index contributed by atoms with van der Waals surface area (Å²) >= 11 is 0. The molecule has 0 aliphatic heterocycles. The van der Waals surface area contributed by atoms with Crippen LogP contribution in [0.4, 0.5) is 17.5 Å². The number of benzene rings is 1. The van der Waals surface area contributed by atoms with E-state index in [1.165, 1.54) is 11.0 Å².